The molecule has 0 aromatic heterocycles. The Morgan fingerprint density at radius 1 is 1.36 bits per heavy atom. The van der Waals surface area contributed by atoms with Crippen molar-refractivity contribution in [2.75, 3.05) is 19.0 Å². The monoisotopic (exact) mass is 347 g/mol. The van der Waals surface area contributed by atoms with Crippen molar-refractivity contribution >= 4 is 23.2 Å². The van der Waals surface area contributed by atoms with E-state index in [1.165, 1.54) is 25.3 Å². The van der Waals surface area contributed by atoms with E-state index in [0.717, 1.165) is 25.7 Å². The molecule has 1 saturated heterocycles. The first-order valence-corrected chi connectivity index (χ1v) is 8.42. The van der Waals surface area contributed by atoms with Crippen LogP contribution in [0.15, 0.2) is 18.2 Å². The van der Waals surface area contributed by atoms with Crippen molar-refractivity contribution in [2.24, 2.45) is 5.92 Å². The fourth-order valence-corrected chi connectivity index (χ4v) is 3.62. The minimum Gasteiger partial charge on any atom is -0.495 e. The molecule has 3 rings (SSSR count). The van der Waals surface area contributed by atoms with E-state index < -0.39 is 10.8 Å². The van der Waals surface area contributed by atoms with E-state index in [4.69, 9.17) is 4.74 Å². The Bertz CT molecular complexity index is 700. The van der Waals surface area contributed by atoms with Crippen molar-refractivity contribution in [1.82, 2.24) is 4.90 Å². The molecule has 25 heavy (non-hydrogen) atoms. The number of anilines is 1. The summed E-state index contributed by atoms with van der Waals surface area (Å²) in [5.41, 5.74) is 0.111. The van der Waals surface area contributed by atoms with Gasteiger partial charge in [-0.05, 0) is 18.9 Å². The van der Waals surface area contributed by atoms with Gasteiger partial charge in [0, 0.05) is 31.1 Å². The van der Waals surface area contributed by atoms with Gasteiger partial charge in [-0.25, -0.2) is 0 Å². The molecule has 1 aliphatic carbocycles. The second kappa shape index (κ2) is 7.08. The summed E-state index contributed by atoms with van der Waals surface area (Å²) in [5.74, 6) is -0.404. The normalized spacial score (nSPS) is 20.8. The van der Waals surface area contributed by atoms with Crippen LogP contribution in [0.3, 0.4) is 0 Å². The van der Waals surface area contributed by atoms with Crippen LogP contribution < -0.4 is 10.1 Å². The summed E-state index contributed by atoms with van der Waals surface area (Å²) in [7, 11) is 1.43. The lowest BCUT2D eigenvalue weighted by Crippen LogP contribution is -2.35. The summed E-state index contributed by atoms with van der Waals surface area (Å²) >= 11 is 0. The fraction of sp³-hybridized carbons (Fsp3) is 0.529. The van der Waals surface area contributed by atoms with Gasteiger partial charge in [-0.3, -0.25) is 19.7 Å². The summed E-state index contributed by atoms with van der Waals surface area (Å²) in [6.07, 6.45) is 4.42. The number of amides is 2. The van der Waals surface area contributed by atoms with Gasteiger partial charge in [0.05, 0.1) is 23.6 Å². The lowest BCUT2D eigenvalue weighted by molar-refractivity contribution is -0.384. The summed E-state index contributed by atoms with van der Waals surface area (Å²) in [6.45, 7) is 0.409. The largest absolute Gasteiger partial charge is 0.495 e. The van der Waals surface area contributed by atoms with Crippen LogP contribution >= 0.6 is 0 Å². The first-order chi connectivity index (χ1) is 12.0. The van der Waals surface area contributed by atoms with E-state index in [1.807, 2.05) is 4.90 Å². The molecular weight excluding hydrogens is 326 g/mol. The molecular formula is C17H21N3O5. The first kappa shape index (κ1) is 17.2. The highest BCUT2D eigenvalue weighted by Gasteiger charge is 2.38. The Balaban J connectivity index is 1.71. The number of nitro benzene ring substituents is 1. The number of carbonyl (C=O) groups is 2. The Kier molecular flexibility index (Phi) is 4.87. The SMILES string of the molecule is COc1ccc([N+](=O)[O-])cc1NC(=O)[C@H]1CC(=O)N(C2CCCC2)C1. The average molecular weight is 347 g/mol. The van der Waals surface area contributed by atoms with Crippen LogP contribution in [0.1, 0.15) is 32.1 Å². The summed E-state index contributed by atoms with van der Waals surface area (Å²) < 4.78 is 5.15. The van der Waals surface area contributed by atoms with Gasteiger partial charge in [0.2, 0.25) is 11.8 Å². The molecule has 2 aliphatic rings. The standard InChI is InChI=1S/C17H21N3O5/c1-25-15-7-6-13(20(23)24)9-14(15)18-17(22)11-8-16(21)19(10-11)12-4-2-3-5-12/h6-7,9,11-12H,2-5,8,10H2,1H3,(H,18,22)/t11-/m0/s1. The molecule has 1 atom stereocenters. The van der Waals surface area contributed by atoms with Crippen molar-refractivity contribution < 1.29 is 19.2 Å². The number of nitro groups is 1. The van der Waals surface area contributed by atoms with Gasteiger partial charge < -0.3 is 15.0 Å². The zero-order chi connectivity index (χ0) is 18.0. The van der Waals surface area contributed by atoms with Gasteiger partial charge in [0.1, 0.15) is 5.75 Å². The zero-order valence-electron chi connectivity index (χ0n) is 14.1. The lowest BCUT2D eigenvalue weighted by atomic mass is 10.1. The van der Waals surface area contributed by atoms with E-state index in [2.05, 4.69) is 5.32 Å². The predicted octanol–water partition coefficient (Wildman–Crippen LogP) is 2.33. The van der Waals surface area contributed by atoms with Gasteiger partial charge >= 0.3 is 0 Å². The van der Waals surface area contributed by atoms with E-state index in [-0.39, 0.29) is 35.7 Å². The number of methoxy groups -OCH3 is 1. The van der Waals surface area contributed by atoms with Gasteiger partial charge in [-0.15, -0.1) is 0 Å². The maximum absolute atomic E-state index is 12.6. The maximum atomic E-state index is 12.6. The second-order valence-corrected chi connectivity index (χ2v) is 6.52. The van der Waals surface area contributed by atoms with Crippen LogP contribution in [0.25, 0.3) is 0 Å². The number of rotatable bonds is 5. The van der Waals surface area contributed by atoms with Crippen LogP contribution in [0.5, 0.6) is 5.75 Å². The molecule has 1 aromatic carbocycles. The van der Waals surface area contributed by atoms with Crippen LogP contribution in [-0.2, 0) is 9.59 Å². The highest BCUT2D eigenvalue weighted by molar-refractivity contribution is 5.98. The molecule has 0 bridgehead atoms. The Morgan fingerprint density at radius 2 is 2.08 bits per heavy atom. The number of likely N-dealkylation sites (tertiary alicyclic amines) is 1. The molecule has 0 radical (unpaired) electrons. The Morgan fingerprint density at radius 3 is 2.72 bits per heavy atom. The second-order valence-electron chi connectivity index (χ2n) is 6.52. The molecule has 1 aromatic rings. The van der Waals surface area contributed by atoms with Crippen molar-refractivity contribution in [3.05, 3.63) is 28.3 Å². The van der Waals surface area contributed by atoms with Gasteiger partial charge in [0.15, 0.2) is 0 Å². The minimum atomic E-state index is -0.532. The van der Waals surface area contributed by atoms with Gasteiger partial charge in [0.25, 0.3) is 5.69 Å². The van der Waals surface area contributed by atoms with Crippen molar-refractivity contribution in [3.8, 4) is 5.75 Å². The summed E-state index contributed by atoms with van der Waals surface area (Å²) in [5, 5.41) is 13.6. The number of hydrogen-bond acceptors (Lipinski definition) is 5. The number of non-ortho nitro benzene ring substituents is 1. The van der Waals surface area contributed by atoms with Crippen LogP contribution in [-0.4, -0.2) is 41.3 Å². The minimum absolute atomic E-state index is 0.0121. The van der Waals surface area contributed by atoms with Gasteiger partial charge in [-0.2, -0.15) is 0 Å². The first-order valence-electron chi connectivity index (χ1n) is 8.42. The van der Waals surface area contributed by atoms with E-state index >= 15 is 0 Å². The molecule has 2 fully saturated rings. The molecule has 8 heteroatoms. The van der Waals surface area contributed by atoms with E-state index in [1.54, 1.807) is 0 Å². The fourth-order valence-electron chi connectivity index (χ4n) is 3.62. The highest BCUT2D eigenvalue weighted by atomic mass is 16.6. The Hall–Kier alpha value is -2.64. The molecule has 1 heterocycles. The van der Waals surface area contributed by atoms with E-state index in [9.17, 15) is 19.7 Å². The number of nitrogens with one attached hydrogen (secondary N) is 1. The molecule has 2 amide bonds. The topological polar surface area (TPSA) is 102 Å². The van der Waals surface area contributed by atoms with Crippen molar-refractivity contribution in [2.45, 2.75) is 38.1 Å². The van der Waals surface area contributed by atoms with Crippen molar-refractivity contribution in [3.63, 3.8) is 0 Å². The number of carbonyl (C=O) groups excluding carboxylic acids is 2. The lowest BCUT2D eigenvalue weighted by Gasteiger charge is -2.23. The molecule has 0 unspecified atom stereocenters. The molecule has 1 aliphatic heterocycles. The molecule has 1 N–H and O–H groups in total. The Labute approximate surface area is 145 Å². The zero-order valence-corrected chi connectivity index (χ0v) is 14.1. The third-order valence-electron chi connectivity index (χ3n) is 4.95. The summed E-state index contributed by atoms with van der Waals surface area (Å²) in [4.78, 5) is 37.0. The molecule has 8 nitrogen and oxygen atoms in total. The number of benzene rings is 1. The number of hydrogen-bond donors (Lipinski definition) is 1. The van der Waals surface area contributed by atoms with E-state index in [0.29, 0.717) is 12.3 Å². The van der Waals surface area contributed by atoms with Crippen molar-refractivity contribution in [1.29, 1.82) is 0 Å². The number of nitrogens with zero attached hydrogens (tertiary/aromatic N) is 2. The number of ether oxygens (including phenoxy) is 1. The quantitative estimate of drug-likeness (QED) is 0.650. The highest BCUT2D eigenvalue weighted by Crippen LogP contribution is 2.32. The third-order valence-corrected chi connectivity index (χ3v) is 4.95. The van der Waals surface area contributed by atoms with Crippen LogP contribution in [0, 0.1) is 16.0 Å². The molecule has 0 spiro atoms. The van der Waals surface area contributed by atoms with Gasteiger partial charge in [-0.1, -0.05) is 12.8 Å². The molecule has 134 valence electrons. The molecule has 1 saturated carbocycles. The smallest absolute Gasteiger partial charge is 0.271 e. The maximum Gasteiger partial charge on any atom is 0.271 e. The average Bonchev–Trinajstić information content (AvgIpc) is 3.23. The van der Waals surface area contributed by atoms with Crippen LogP contribution in [0.4, 0.5) is 11.4 Å². The third kappa shape index (κ3) is 3.57. The van der Waals surface area contributed by atoms with Crippen LogP contribution in [0.2, 0.25) is 0 Å². The summed E-state index contributed by atoms with van der Waals surface area (Å²) in [6, 6.07) is 4.27. The predicted molar refractivity (Wildman–Crippen MR) is 90.4 cm³/mol.